The van der Waals surface area contributed by atoms with Crippen LogP contribution in [0.2, 0.25) is 5.15 Å². The Morgan fingerprint density at radius 2 is 2.21 bits per heavy atom. The van der Waals surface area contributed by atoms with Crippen LogP contribution in [0.5, 0.6) is 5.75 Å². The largest absolute Gasteiger partial charge is 0.490 e. The predicted molar refractivity (Wildman–Crippen MR) is 110 cm³/mol. The maximum Gasteiger partial charge on any atom is 0.228 e. The molecule has 0 saturated heterocycles. The van der Waals surface area contributed by atoms with Gasteiger partial charge in [0.05, 0.1) is 23.2 Å². The van der Waals surface area contributed by atoms with Crippen molar-refractivity contribution in [1.29, 1.82) is 5.26 Å². The molecule has 0 bridgehead atoms. The van der Waals surface area contributed by atoms with Crippen LogP contribution in [0, 0.1) is 22.7 Å². The quantitative estimate of drug-likeness (QED) is 0.612. The molecule has 0 spiro atoms. The van der Waals surface area contributed by atoms with Crippen molar-refractivity contribution in [3.8, 4) is 22.9 Å². The van der Waals surface area contributed by atoms with Crippen molar-refractivity contribution >= 4 is 28.8 Å². The van der Waals surface area contributed by atoms with Crippen LogP contribution < -0.4 is 10.1 Å². The maximum absolute atomic E-state index is 12.0. The second-order valence-electron chi connectivity index (χ2n) is 7.87. The fourth-order valence-corrected chi connectivity index (χ4v) is 3.00. The normalized spacial score (nSPS) is 13.9. The number of nitrogens with one attached hydrogen (secondary N) is 1. The van der Waals surface area contributed by atoms with E-state index in [0.717, 1.165) is 29.5 Å². The number of amides is 1. The minimum Gasteiger partial charge on any atom is -0.490 e. The summed E-state index contributed by atoms with van der Waals surface area (Å²) in [7, 11) is 0. The minimum atomic E-state index is -0.624. The van der Waals surface area contributed by atoms with Crippen LogP contribution in [0.25, 0.3) is 16.6 Å². The Labute approximate surface area is 173 Å². The average molecular weight is 410 g/mol. The van der Waals surface area contributed by atoms with Crippen LogP contribution >= 0.6 is 11.6 Å². The fraction of sp³-hybridized carbons (Fsp3) is 0.333. The summed E-state index contributed by atoms with van der Waals surface area (Å²) in [6.07, 6.45) is 5.26. The van der Waals surface area contributed by atoms with Crippen molar-refractivity contribution in [3.05, 3.63) is 41.8 Å². The van der Waals surface area contributed by atoms with Crippen LogP contribution in [0.4, 0.5) is 5.82 Å². The summed E-state index contributed by atoms with van der Waals surface area (Å²) < 4.78 is 7.58. The van der Waals surface area contributed by atoms with Gasteiger partial charge in [0.1, 0.15) is 17.5 Å². The number of aromatic nitrogens is 3. The number of pyridine rings is 2. The number of fused-ring (bicyclic) bond motifs is 1. The van der Waals surface area contributed by atoms with Crippen LogP contribution in [-0.4, -0.2) is 27.1 Å². The van der Waals surface area contributed by atoms with Gasteiger partial charge in [0.25, 0.3) is 0 Å². The number of nitriles is 1. The van der Waals surface area contributed by atoms with Crippen molar-refractivity contribution in [2.75, 3.05) is 11.9 Å². The first-order valence-corrected chi connectivity index (χ1v) is 9.73. The van der Waals surface area contributed by atoms with Crippen molar-refractivity contribution in [1.82, 2.24) is 14.6 Å². The van der Waals surface area contributed by atoms with Crippen LogP contribution in [0.1, 0.15) is 26.7 Å². The summed E-state index contributed by atoms with van der Waals surface area (Å²) in [5, 5.41) is 16.8. The summed E-state index contributed by atoms with van der Waals surface area (Å²) in [4.78, 5) is 16.1. The molecule has 3 aromatic rings. The standard InChI is InChI=1S/C21H20ClN5O2/c1-21(2,11-23)12-29-17-10-24-18(22)9-16(17)14-5-6-27-15(7-14)8-19(26-27)25-20(28)13-3-4-13/h5-10,13H,3-4,12H2,1-2H3,(H,25,26,28). The summed E-state index contributed by atoms with van der Waals surface area (Å²) in [5.74, 6) is 1.21. The molecule has 1 amide bonds. The lowest BCUT2D eigenvalue weighted by atomic mass is 9.97. The second kappa shape index (κ2) is 7.37. The van der Waals surface area contributed by atoms with Crippen molar-refractivity contribution in [2.24, 2.45) is 11.3 Å². The predicted octanol–water partition coefficient (Wildman–Crippen LogP) is 4.33. The zero-order valence-electron chi connectivity index (χ0n) is 16.1. The summed E-state index contributed by atoms with van der Waals surface area (Å²) >= 11 is 6.12. The highest BCUT2D eigenvalue weighted by molar-refractivity contribution is 6.29. The lowest BCUT2D eigenvalue weighted by Gasteiger charge is -2.18. The van der Waals surface area contributed by atoms with Crippen molar-refractivity contribution < 1.29 is 9.53 Å². The van der Waals surface area contributed by atoms with Gasteiger partial charge in [0, 0.05) is 23.7 Å². The van der Waals surface area contributed by atoms with Gasteiger partial charge in [0.15, 0.2) is 5.82 Å². The van der Waals surface area contributed by atoms with E-state index < -0.39 is 5.41 Å². The zero-order chi connectivity index (χ0) is 20.6. The van der Waals surface area contributed by atoms with Crippen LogP contribution in [-0.2, 0) is 4.79 Å². The molecule has 3 heterocycles. The molecule has 1 fully saturated rings. The van der Waals surface area contributed by atoms with Gasteiger partial charge >= 0.3 is 0 Å². The molecule has 8 heteroatoms. The van der Waals surface area contributed by atoms with Crippen LogP contribution in [0.3, 0.4) is 0 Å². The molecular formula is C21H20ClN5O2. The number of carbonyl (C=O) groups excluding carboxylic acids is 1. The van der Waals surface area contributed by atoms with E-state index in [-0.39, 0.29) is 18.4 Å². The summed E-state index contributed by atoms with van der Waals surface area (Å²) in [6.45, 7) is 3.85. The smallest absolute Gasteiger partial charge is 0.228 e. The Bertz CT molecular complexity index is 1130. The molecule has 0 atom stereocenters. The molecule has 0 aliphatic heterocycles. The second-order valence-corrected chi connectivity index (χ2v) is 8.25. The fourth-order valence-electron chi connectivity index (χ4n) is 2.85. The van der Waals surface area contributed by atoms with E-state index in [1.54, 1.807) is 16.8 Å². The van der Waals surface area contributed by atoms with Gasteiger partial charge in [-0.15, -0.1) is 0 Å². The molecule has 0 unspecified atom stereocenters. The number of hydrogen-bond acceptors (Lipinski definition) is 5. The van der Waals surface area contributed by atoms with Crippen LogP contribution in [0.15, 0.2) is 36.7 Å². The number of hydrogen-bond donors (Lipinski definition) is 1. The maximum atomic E-state index is 12.0. The summed E-state index contributed by atoms with van der Waals surface area (Å²) in [5.41, 5.74) is 1.84. The van der Waals surface area contributed by atoms with Gasteiger partial charge in [-0.05, 0) is 50.5 Å². The zero-order valence-corrected chi connectivity index (χ0v) is 16.9. The van der Waals surface area contributed by atoms with Gasteiger partial charge in [0.2, 0.25) is 5.91 Å². The van der Waals surface area contributed by atoms with E-state index in [1.807, 2.05) is 38.2 Å². The van der Waals surface area contributed by atoms with E-state index in [1.165, 1.54) is 0 Å². The molecule has 3 aromatic heterocycles. The molecule has 29 heavy (non-hydrogen) atoms. The number of rotatable bonds is 6. The molecule has 7 nitrogen and oxygen atoms in total. The summed E-state index contributed by atoms with van der Waals surface area (Å²) in [6, 6.07) is 9.60. The van der Waals surface area contributed by atoms with Crippen molar-refractivity contribution in [2.45, 2.75) is 26.7 Å². The first kappa shape index (κ1) is 19.2. The lowest BCUT2D eigenvalue weighted by molar-refractivity contribution is -0.117. The highest BCUT2D eigenvalue weighted by Crippen LogP contribution is 2.34. The molecule has 1 aliphatic rings. The highest BCUT2D eigenvalue weighted by Gasteiger charge is 2.30. The van der Waals surface area contributed by atoms with Gasteiger partial charge in [-0.25, -0.2) is 9.50 Å². The molecular weight excluding hydrogens is 390 g/mol. The molecule has 0 radical (unpaired) electrons. The Balaban J connectivity index is 1.64. The number of carbonyl (C=O) groups is 1. The average Bonchev–Trinajstić information content (AvgIpc) is 3.47. The molecule has 1 saturated carbocycles. The van der Waals surface area contributed by atoms with Crippen molar-refractivity contribution in [3.63, 3.8) is 0 Å². The molecule has 1 N–H and O–H groups in total. The third kappa shape index (κ3) is 4.33. The number of halogens is 1. The Morgan fingerprint density at radius 3 is 2.93 bits per heavy atom. The molecule has 148 valence electrons. The first-order chi connectivity index (χ1) is 13.8. The van der Waals surface area contributed by atoms with Gasteiger partial charge in [-0.2, -0.15) is 10.4 Å². The van der Waals surface area contributed by atoms with E-state index >= 15 is 0 Å². The third-order valence-corrected chi connectivity index (χ3v) is 4.91. The SMILES string of the molecule is CC(C)(C#N)COc1cnc(Cl)cc1-c1ccn2nc(NC(=O)C3CC3)cc2c1. The van der Waals surface area contributed by atoms with E-state index in [0.29, 0.717) is 16.7 Å². The van der Waals surface area contributed by atoms with E-state index in [9.17, 15) is 10.1 Å². The molecule has 1 aliphatic carbocycles. The minimum absolute atomic E-state index is 0.0188. The number of nitrogens with zero attached hydrogens (tertiary/aromatic N) is 4. The molecule has 0 aromatic carbocycles. The van der Waals surface area contributed by atoms with E-state index in [2.05, 4.69) is 21.5 Å². The lowest BCUT2D eigenvalue weighted by Crippen LogP contribution is -2.19. The highest BCUT2D eigenvalue weighted by atomic mass is 35.5. The van der Waals surface area contributed by atoms with Gasteiger partial charge in [-0.1, -0.05) is 11.6 Å². The molecule has 4 rings (SSSR count). The monoisotopic (exact) mass is 409 g/mol. The number of anilines is 1. The topological polar surface area (TPSA) is 92.3 Å². The third-order valence-electron chi connectivity index (χ3n) is 4.70. The Hall–Kier alpha value is -3.11. The Morgan fingerprint density at radius 1 is 1.41 bits per heavy atom. The van der Waals surface area contributed by atoms with E-state index in [4.69, 9.17) is 16.3 Å². The Kier molecular flexibility index (Phi) is 4.89. The van der Waals surface area contributed by atoms with Gasteiger partial charge < -0.3 is 10.1 Å². The first-order valence-electron chi connectivity index (χ1n) is 9.35. The van der Waals surface area contributed by atoms with Gasteiger partial charge in [-0.3, -0.25) is 4.79 Å². The number of ether oxygens (including phenoxy) is 1.